The highest BCUT2D eigenvalue weighted by molar-refractivity contribution is 5.72. The number of aliphatic hydroxyl groups is 1. The van der Waals surface area contributed by atoms with Crippen LogP contribution >= 0.6 is 0 Å². The van der Waals surface area contributed by atoms with Gasteiger partial charge in [-0.15, -0.1) is 0 Å². The predicted molar refractivity (Wildman–Crippen MR) is 115 cm³/mol. The topological polar surface area (TPSA) is 82.5 Å². The molecule has 4 atom stereocenters. The van der Waals surface area contributed by atoms with Crippen molar-refractivity contribution < 1.29 is 24.1 Å². The third kappa shape index (κ3) is 3.26. The number of hydrogen-bond donors (Lipinski definition) is 1. The van der Waals surface area contributed by atoms with Gasteiger partial charge in [-0.1, -0.05) is 13.8 Å². The average molecular weight is 427 g/mol. The molecule has 0 amide bonds. The maximum atomic E-state index is 12.8. The number of rotatable bonds is 7. The summed E-state index contributed by atoms with van der Waals surface area (Å²) in [6.07, 6.45) is 2.33. The molecule has 0 bridgehead atoms. The average Bonchev–Trinajstić information content (AvgIpc) is 3.46. The van der Waals surface area contributed by atoms with Crippen LogP contribution < -0.4 is 14.9 Å². The van der Waals surface area contributed by atoms with Crippen LogP contribution in [0.15, 0.2) is 29.2 Å². The molecule has 1 saturated heterocycles. The molecule has 5 rings (SSSR count). The monoisotopic (exact) mass is 427 g/mol. The first-order valence-corrected chi connectivity index (χ1v) is 10.8. The van der Waals surface area contributed by atoms with Crippen LogP contribution in [0.3, 0.4) is 0 Å². The van der Waals surface area contributed by atoms with Gasteiger partial charge in [0.05, 0.1) is 19.4 Å². The Balaban J connectivity index is 1.61. The molecule has 1 aliphatic carbocycles. The molecule has 0 spiro atoms. The van der Waals surface area contributed by atoms with E-state index >= 15 is 0 Å². The summed E-state index contributed by atoms with van der Waals surface area (Å²) in [7, 11) is 3.31. The predicted octanol–water partition coefficient (Wildman–Crippen LogP) is 3.40. The number of benzene rings is 1. The Morgan fingerprint density at radius 3 is 2.58 bits per heavy atom. The van der Waals surface area contributed by atoms with E-state index in [1.165, 1.54) is 5.56 Å². The summed E-state index contributed by atoms with van der Waals surface area (Å²) < 4.78 is 24.1. The van der Waals surface area contributed by atoms with Crippen LogP contribution in [0, 0.1) is 5.41 Å². The van der Waals surface area contributed by atoms with Gasteiger partial charge in [0.2, 0.25) is 0 Å². The van der Waals surface area contributed by atoms with Gasteiger partial charge < -0.3 is 28.6 Å². The number of nitrogens with zero attached hydrogens (tertiary/aromatic N) is 1. The SMILES string of the molecule is COCCCOc1cc2c(cc1OC)-c1cc(=O)c(C3OC3O)cn1[C@H]1[C@@H]2CC1(C)C. The van der Waals surface area contributed by atoms with E-state index in [0.717, 1.165) is 29.8 Å². The third-order valence-corrected chi connectivity index (χ3v) is 6.87. The summed E-state index contributed by atoms with van der Waals surface area (Å²) in [4.78, 5) is 12.8. The molecule has 1 N–H and O–H groups in total. The van der Waals surface area contributed by atoms with E-state index in [1.54, 1.807) is 20.3 Å². The third-order valence-electron chi connectivity index (χ3n) is 6.87. The maximum Gasteiger partial charge on any atom is 0.188 e. The first-order valence-electron chi connectivity index (χ1n) is 10.8. The molecule has 3 heterocycles. The molecule has 1 aromatic heterocycles. The fraction of sp³-hybridized carbons (Fsp3) is 0.542. The molecule has 2 unspecified atom stereocenters. The van der Waals surface area contributed by atoms with Gasteiger partial charge in [-0.2, -0.15) is 0 Å². The minimum atomic E-state index is -0.884. The van der Waals surface area contributed by atoms with E-state index in [1.807, 2.05) is 12.3 Å². The summed E-state index contributed by atoms with van der Waals surface area (Å²) in [5.74, 6) is 1.70. The van der Waals surface area contributed by atoms with Crippen LogP contribution in [0.5, 0.6) is 11.5 Å². The molecule has 3 aliphatic rings. The number of epoxide rings is 1. The summed E-state index contributed by atoms with van der Waals surface area (Å²) in [6, 6.07) is 5.96. The molecular formula is C24H29NO6. The zero-order valence-electron chi connectivity index (χ0n) is 18.4. The molecule has 31 heavy (non-hydrogen) atoms. The van der Waals surface area contributed by atoms with Gasteiger partial charge in [0.15, 0.2) is 23.2 Å². The largest absolute Gasteiger partial charge is 0.493 e. The van der Waals surface area contributed by atoms with Crippen LogP contribution in [0.25, 0.3) is 11.3 Å². The molecule has 2 fully saturated rings. The second kappa shape index (κ2) is 7.36. The molecular weight excluding hydrogens is 398 g/mol. The smallest absolute Gasteiger partial charge is 0.188 e. The zero-order valence-corrected chi connectivity index (χ0v) is 18.4. The van der Waals surface area contributed by atoms with Crippen molar-refractivity contribution in [1.82, 2.24) is 4.57 Å². The van der Waals surface area contributed by atoms with E-state index in [-0.39, 0.29) is 16.9 Å². The fourth-order valence-electron chi connectivity index (χ4n) is 5.35. The van der Waals surface area contributed by atoms with E-state index in [9.17, 15) is 9.90 Å². The number of methoxy groups -OCH3 is 2. The maximum absolute atomic E-state index is 12.8. The summed E-state index contributed by atoms with van der Waals surface area (Å²) in [6.45, 7) is 5.71. The Labute approximate surface area is 181 Å². The highest BCUT2D eigenvalue weighted by Crippen LogP contribution is 2.64. The van der Waals surface area contributed by atoms with E-state index in [0.29, 0.717) is 30.4 Å². The fourth-order valence-corrected chi connectivity index (χ4v) is 5.35. The van der Waals surface area contributed by atoms with Crippen molar-refractivity contribution in [1.29, 1.82) is 0 Å². The standard InChI is InChI=1S/C24H29NO6/c1-24(2)11-15-13-8-20(30-7-5-6-28-3)19(29-4)9-14(13)17-10-18(26)16(21-23(27)31-21)12-25(17)22(15)24/h8-10,12,15,21-23,27H,5-7,11H2,1-4H3/t15-,21?,22+,23?/m1/s1. The van der Waals surface area contributed by atoms with E-state index < -0.39 is 12.4 Å². The van der Waals surface area contributed by atoms with Crippen LogP contribution in [0.2, 0.25) is 0 Å². The van der Waals surface area contributed by atoms with Crippen molar-refractivity contribution in [3.8, 4) is 22.8 Å². The van der Waals surface area contributed by atoms with Crippen LogP contribution in [0.1, 0.15) is 55.9 Å². The molecule has 1 saturated carbocycles. The van der Waals surface area contributed by atoms with Crippen LogP contribution in [-0.2, 0) is 9.47 Å². The molecule has 0 radical (unpaired) electrons. The lowest BCUT2D eigenvalue weighted by Gasteiger charge is -2.56. The second-order valence-electron chi connectivity index (χ2n) is 9.36. The molecule has 7 heteroatoms. The lowest BCUT2D eigenvalue weighted by atomic mass is 9.55. The molecule has 7 nitrogen and oxygen atoms in total. The van der Waals surface area contributed by atoms with Gasteiger partial charge in [-0.05, 0) is 29.5 Å². The Bertz CT molecular complexity index is 1070. The Morgan fingerprint density at radius 1 is 1.16 bits per heavy atom. The summed E-state index contributed by atoms with van der Waals surface area (Å²) >= 11 is 0. The van der Waals surface area contributed by atoms with E-state index in [2.05, 4.69) is 24.5 Å². The highest BCUT2D eigenvalue weighted by Gasteiger charge is 2.53. The van der Waals surface area contributed by atoms with Gasteiger partial charge in [-0.3, -0.25) is 4.79 Å². The summed E-state index contributed by atoms with van der Waals surface area (Å²) in [5, 5.41) is 9.70. The molecule has 2 aromatic rings. The lowest BCUT2D eigenvalue weighted by Crippen LogP contribution is -2.46. The first-order chi connectivity index (χ1) is 14.9. The van der Waals surface area contributed by atoms with Gasteiger partial charge in [-0.25, -0.2) is 0 Å². The van der Waals surface area contributed by atoms with Crippen LogP contribution in [0.4, 0.5) is 0 Å². The number of fused-ring (bicyclic) bond motifs is 6. The van der Waals surface area contributed by atoms with Crippen molar-refractivity contribution in [2.24, 2.45) is 5.41 Å². The Kier molecular flexibility index (Phi) is 4.88. The van der Waals surface area contributed by atoms with Crippen LogP contribution in [-0.4, -0.2) is 43.4 Å². The Morgan fingerprint density at radius 2 is 1.94 bits per heavy atom. The van der Waals surface area contributed by atoms with Crippen molar-refractivity contribution in [3.05, 3.63) is 45.7 Å². The minimum absolute atomic E-state index is 0.0892. The summed E-state index contributed by atoms with van der Waals surface area (Å²) in [5.41, 5.74) is 3.56. The number of pyridine rings is 1. The lowest BCUT2D eigenvalue weighted by molar-refractivity contribution is 0.0447. The van der Waals surface area contributed by atoms with Crippen molar-refractivity contribution in [2.75, 3.05) is 27.4 Å². The van der Waals surface area contributed by atoms with Gasteiger partial charge in [0.1, 0.15) is 6.10 Å². The number of hydrogen-bond acceptors (Lipinski definition) is 6. The van der Waals surface area contributed by atoms with Crippen molar-refractivity contribution >= 4 is 0 Å². The molecule has 1 aromatic carbocycles. The zero-order chi connectivity index (χ0) is 21.9. The second-order valence-corrected chi connectivity index (χ2v) is 9.36. The van der Waals surface area contributed by atoms with Gasteiger partial charge in [0.25, 0.3) is 0 Å². The number of aliphatic hydroxyl groups excluding tert-OH is 1. The Hall–Kier alpha value is -2.35. The minimum Gasteiger partial charge on any atom is -0.493 e. The molecule has 166 valence electrons. The van der Waals surface area contributed by atoms with Crippen molar-refractivity contribution in [2.45, 2.75) is 51.0 Å². The number of ether oxygens (including phenoxy) is 4. The normalized spacial score (nSPS) is 26.9. The van der Waals surface area contributed by atoms with Crippen molar-refractivity contribution in [3.63, 3.8) is 0 Å². The first kappa shape index (κ1) is 20.5. The van der Waals surface area contributed by atoms with Gasteiger partial charge >= 0.3 is 0 Å². The molecule has 2 aliphatic heterocycles. The van der Waals surface area contributed by atoms with E-state index in [4.69, 9.17) is 18.9 Å². The number of aromatic nitrogens is 1. The highest BCUT2D eigenvalue weighted by atomic mass is 16.7. The quantitative estimate of drug-likeness (QED) is 0.539. The van der Waals surface area contributed by atoms with Gasteiger partial charge in [0, 0.05) is 55.5 Å².